The van der Waals surface area contributed by atoms with Gasteiger partial charge < -0.3 is 4.74 Å². The average molecular weight is 280 g/mol. The lowest BCUT2D eigenvalue weighted by Crippen LogP contribution is -2.09. The molecule has 0 spiro atoms. The summed E-state index contributed by atoms with van der Waals surface area (Å²) in [6, 6.07) is 16.1. The fourth-order valence-electron chi connectivity index (χ4n) is 1.88. The first-order valence-corrected chi connectivity index (χ1v) is 6.60. The monoisotopic (exact) mass is 280 g/mol. The lowest BCUT2D eigenvalue weighted by Gasteiger charge is -2.09. The van der Waals surface area contributed by atoms with Crippen LogP contribution in [0.2, 0.25) is 0 Å². The molecule has 0 radical (unpaired) electrons. The number of ketones is 1. The molecule has 0 fully saturated rings. The van der Waals surface area contributed by atoms with Crippen molar-refractivity contribution in [3.63, 3.8) is 0 Å². The Labute approximate surface area is 123 Å². The highest BCUT2D eigenvalue weighted by atomic mass is 16.5. The van der Waals surface area contributed by atoms with Crippen LogP contribution in [0.3, 0.4) is 0 Å². The maximum atomic E-state index is 12.5. The van der Waals surface area contributed by atoms with Crippen molar-refractivity contribution < 1.29 is 14.3 Å². The third-order valence-corrected chi connectivity index (χ3v) is 3.01. The van der Waals surface area contributed by atoms with E-state index < -0.39 is 5.97 Å². The van der Waals surface area contributed by atoms with E-state index >= 15 is 0 Å². The average Bonchev–Trinajstić information content (AvgIpc) is 2.53. The third-order valence-electron chi connectivity index (χ3n) is 3.01. The Bertz CT molecular complexity index is 672. The molecule has 2 rings (SSSR count). The van der Waals surface area contributed by atoms with Crippen LogP contribution in [-0.4, -0.2) is 11.8 Å². The zero-order chi connectivity index (χ0) is 15.2. The first-order valence-electron chi connectivity index (χ1n) is 6.60. The van der Waals surface area contributed by atoms with Gasteiger partial charge in [0.25, 0.3) is 0 Å². The van der Waals surface area contributed by atoms with Crippen LogP contribution in [-0.2, 0) is 16.1 Å². The molecular weight excluding hydrogens is 264 g/mol. The number of carbonyl (C=O) groups is 2. The molecular formula is C18H16O3. The van der Waals surface area contributed by atoms with Gasteiger partial charge in [-0.3, -0.25) is 4.79 Å². The summed E-state index contributed by atoms with van der Waals surface area (Å²) in [5.74, 6) is -0.547. The molecule has 3 nitrogen and oxygen atoms in total. The van der Waals surface area contributed by atoms with Crippen molar-refractivity contribution >= 4 is 11.8 Å². The van der Waals surface area contributed by atoms with Crippen LogP contribution < -0.4 is 0 Å². The minimum atomic E-state index is -0.461. The Balaban J connectivity index is 2.23. The van der Waals surface area contributed by atoms with Gasteiger partial charge in [-0.1, -0.05) is 61.2 Å². The highest BCUT2D eigenvalue weighted by molar-refractivity contribution is 6.09. The quantitative estimate of drug-likeness (QED) is 0.478. The van der Waals surface area contributed by atoms with Gasteiger partial charge in [-0.15, -0.1) is 0 Å². The summed E-state index contributed by atoms with van der Waals surface area (Å²) in [5, 5.41) is 0. The van der Waals surface area contributed by atoms with Crippen molar-refractivity contribution in [2.45, 2.75) is 13.5 Å². The Morgan fingerprint density at radius 3 is 2.29 bits per heavy atom. The van der Waals surface area contributed by atoms with Crippen LogP contribution in [0.1, 0.15) is 28.4 Å². The zero-order valence-electron chi connectivity index (χ0n) is 11.8. The molecule has 2 aromatic carbocycles. The van der Waals surface area contributed by atoms with Crippen molar-refractivity contribution in [2.75, 3.05) is 0 Å². The smallest absolute Gasteiger partial charge is 0.333 e. The predicted molar refractivity (Wildman–Crippen MR) is 80.9 cm³/mol. The van der Waals surface area contributed by atoms with Gasteiger partial charge in [-0.25, -0.2) is 4.79 Å². The summed E-state index contributed by atoms with van der Waals surface area (Å²) in [5.41, 5.74) is 2.16. The number of rotatable bonds is 5. The van der Waals surface area contributed by atoms with Gasteiger partial charge in [-0.05, 0) is 6.92 Å². The van der Waals surface area contributed by atoms with Crippen LogP contribution >= 0.6 is 0 Å². The number of carbonyl (C=O) groups excluding carboxylic acids is 2. The molecule has 0 bridgehead atoms. The lowest BCUT2D eigenvalue weighted by atomic mass is 9.99. The summed E-state index contributed by atoms with van der Waals surface area (Å²) in [7, 11) is 0. The summed E-state index contributed by atoms with van der Waals surface area (Å²) < 4.78 is 5.13. The van der Waals surface area contributed by atoms with E-state index in [1.54, 1.807) is 37.3 Å². The highest BCUT2D eigenvalue weighted by Crippen LogP contribution is 2.16. The molecule has 21 heavy (non-hydrogen) atoms. The second-order valence-electron chi connectivity index (χ2n) is 4.71. The standard InChI is InChI=1S/C18H16O3/c1-13(2)18(20)21-12-15-10-6-7-11-16(15)17(19)14-8-4-3-5-9-14/h3-11H,1,12H2,2H3. The predicted octanol–water partition coefficient (Wildman–Crippen LogP) is 3.54. The van der Waals surface area contributed by atoms with Gasteiger partial charge in [-0.2, -0.15) is 0 Å². The van der Waals surface area contributed by atoms with Gasteiger partial charge in [0, 0.05) is 22.3 Å². The van der Waals surface area contributed by atoms with Gasteiger partial charge in [0.05, 0.1) is 0 Å². The van der Waals surface area contributed by atoms with E-state index in [1.807, 2.05) is 24.3 Å². The van der Waals surface area contributed by atoms with E-state index in [-0.39, 0.29) is 12.4 Å². The number of ether oxygens (including phenoxy) is 1. The maximum absolute atomic E-state index is 12.5. The van der Waals surface area contributed by atoms with E-state index in [4.69, 9.17) is 4.74 Å². The molecule has 106 valence electrons. The number of esters is 1. The molecule has 0 aromatic heterocycles. The lowest BCUT2D eigenvalue weighted by molar-refractivity contribution is -0.140. The van der Waals surface area contributed by atoms with Crippen LogP contribution in [0.25, 0.3) is 0 Å². The Morgan fingerprint density at radius 2 is 1.62 bits per heavy atom. The van der Waals surface area contributed by atoms with Crippen LogP contribution in [0.5, 0.6) is 0 Å². The van der Waals surface area contributed by atoms with E-state index in [1.165, 1.54) is 0 Å². The SMILES string of the molecule is C=C(C)C(=O)OCc1ccccc1C(=O)c1ccccc1. The number of hydrogen-bond donors (Lipinski definition) is 0. The third kappa shape index (κ3) is 3.66. The number of benzene rings is 2. The molecule has 3 heteroatoms. The Morgan fingerprint density at radius 1 is 1.00 bits per heavy atom. The largest absolute Gasteiger partial charge is 0.457 e. The van der Waals surface area contributed by atoms with Crippen molar-refractivity contribution in [1.82, 2.24) is 0 Å². The summed E-state index contributed by atoms with van der Waals surface area (Å²) in [6.45, 7) is 5.17. The molecule has 0 saturated carbocycles. The normalized spacial score (nSPS) is 9.95. The summed E-state index contributed by atoms with van der Waals surface area (Å²) in [4.78, 5) is 23.9. The Hall–Kier alpha value is -2.68. The highest BCUT2D eigenvalue weighted by Gasteiger charge is 2.14. The molecule has 0 aliphatic rings. The van der Waals surface area contributed by atoms with Crippen molar-refractivity contribution in [3.05, 3.63) is 83.4 Å². The zero-order valence-corrected chi connectivity index (χ0v) is 11.8. The van der Waals surface area contributed by atoms with E-state index in [0.717, 1.165) is 0 Å². The topological polar surface area (TPSA) is 43.4 Å². The molecule has 0 aliphatic carbocycles. The van der Waals surface area contributed by atoms with Crippen molar-refractivity contribution in [2.24, 2.45) is 0 Å². The fraction of sp³-hybridized carbons (Fsp3) is 0.111. The maximum Gasteiger partial charge on any atom is 0.333 e. The fourth-order valence-corrected chi connectivity index (χ4v) is 1.88. The minimum absolute atomic E-state index is 0.0560. The van der Waals surface area contributed by atoms with Crippen molar-refractivity contribution in [3.8, 4) is 0 Å². The Kier molecular flexibility index (Phi) is 4.67. The summed E-state index contributed by atoms with van der Waals surface area (Å²) in [6.07, 6.45) is 0. The van der Waals surface area contributed by atoms with Gasteiger partial charge in [0.2, 0.25) is 0 Å². The van der Waals surface area contributed by atoms with E-state index in [2.05, 4.69) is 6.58 Å². The molecule has 0 heterocycles. The second-order valence-corrected chi connectivity index (χ2v) is 4.71. The first kappa shape index (κ1) is 14.7. The molecule has 0 N–H and O–H groups in total. The van der Waals surface area contributed by atoms with Gasteiger partial charge >= 0.3 is 5.97 Å². The molecule has 2 aromatic rings. The minimum Gasteiger partial charge on any atom is -0.457 e. The summed E-state index contributed by atoms with van der Waals surface area (Å²) >= 11 is 0. The van der Waals surface area contributed by atoms with Crippen LogP contribution in [0, 0.1) is 0 Å². The van der Waals surface area contributed by atoms with E-state index in [0.29, 0.717) is 22.3 Å². The van der Waals surface area contributed by atoms with Gasteiger partial charge in [0.15, 0.2) is 5.78 Å². The number of hydrogen-bond acceptors (Lipinski definition) is 3. The molecule has 0 saturated heterocycles. The van der Waals surface area contributed by atoms with Crippen molar-refractivity contribution in [1.29, 1.82) is 0 Å². The first-order chi connectivity index (χ1) is 10.1. The van der Waals surface area contributed by atoms with Gasteiger partial charge in [0.1, 0.15) is 6.61 Å². The molecule has 0 aliphatic heterocycles. The molecule has 0 unspecified atom stereocenters. The molecule has 0 atom stereocenters. The van der Waals surface area contributed by atoms with Crippen LogP contribution in [0.4, 0.5) is 0 Å². The second kappa shape index (κ2) is 6.66. The van der Waals surface area contributed by atoms with E-state index in [9.17, 15) is 9.59 Å². The van der Waals surface area contributed by atoms with Crippen LogP contribution in [0.15, 0.2) is 66.7 Å². The molecule has 0 amide bonds.